The summed E-state index contributed by atoms with van der Waals surface area (Å²) in [4.78, 5) is 24.6. The summed E-state index contributed by atoms with van der Waals surface area (Å²) in [6.07, 6.45) is 2.57. The molecule has 0 aromatic rings. The molecule has 6 nitrogen and oxygen atoms in total. The van der Waals surface area contributed by atoms with E-state index in [1.807, 2.05) is 13.8 Å². The molecule has 2 atom stereocenters. The van der Waals surface area contributed by atoms with Crippen molar-refractivity contribution in [3.8, 4) is 0 Å². The van der Waals surface area contributed by atoms with Crippen molar-refractivity contribution in [2.45, 2.75) is 58.6 Å². The van der Waals surface area contributed by atoms with Crippen LogP contribution in [0.25, 0.3) is 0 Å². The Morgan fingerprint density at radius 2 is 1.63 bits per heavy atom. The van der Waals surface area contributed by atoms with Crippen molar-refractivity contribution in [1.29, 1.82) is 0 Å². The molecule has 112 valence electrons. The maximum atomic E-state index is 12.0. The molecular formula is C13H26N2O4. The topological polar surface area (TPSA) is 89.9 Å². The SMILES string of the molecule is CCCCN(CCCC)C(=O)NC(C(=O)O)C(C)O. The first kappa shape index (κ1) is 17.7. The largest absolute Gasteiger partial charge is 0.480 e. The van der Waals surface area contributed by atoms with Gasteiger partial charge >= 0.3 is 12.0 Å². The lowest BCUT2D eigenvalue weighted by Crippen LogP contribution is -2.52. The number of aliphatic hydroxyl groups excluding tert-OH is 1. The molecule has 0 rings (SSSR count). The summed E-state index contributed by atoms with van der Waals surface area (Å²) in [7, 11) is 0. The Labute approximate surface area is 114 Å². The van der Waals surface area contributed by atoms with Crippen molar-refractivity contribution in [2.75, 3.05) is 13.1 Å². The lowest BCUT2D eigenvalue weighted by Gasteiger charge is -2.26. The Bertz CT molecular complexity index is 274. The second-order valence-electron chi connectivity index (χ2n) is 4.70. The van der Waals surface area contributed by atoms with E-state index in [4.69, 9.17) is 5.11 Å². The van der Waals surface area contributed by atoms with Crippen LogP contribution in [0.1, 0.15) is 46.5 Å². The van der Waals surface area contributed by atoms with Gasteiger partial charge in [-0.15, -0.1) is 0 Å². The maximum absolute atomic E-state index is 12.0. The van der Waals surface area contributed by atoms with Crippen LogP contribution in [0.5, 0.6) is 0 Å². The second kappa shape index (κ2) is 9.61. The minimum atomic E-state index is -1.27. The number of carbonyl (C=O) groups excluding carboxylic acids is 1. The first-order valence-electron chi connectivity index (χ1n) is 6.90. The van der Waals surface area contributed by atoms with Gasteiger partial charge in [0.05, 0.1) is 6.10 Å². The lowest BCUT2D eigenvalue weighted by atomic mass is 10.2. The van der Waals surface area contributed by atoms with Crippen LogP contribution < -0.4 is 5.32 Å². The van der Waals surface area contributed by atoms with Crippen LogP contribution in [0.15, 0.2) is 0 Å². The maximum Gasteiger partial charge on any atom is 0.328 e. The van der Waals surface area contributed by atoms with Crippen molar-refractivity contribution in [3.05, 3.63) is 0 Å². The molecule has 0 spiro atoms. The van der Waals surface area contributed by atoms with Crippen LogP contribution in [-0.4, -0.2) is 52.3 Å². The summed E-state index contributed by atoms with van der Waals surface area (Å²) in [5, 5.41) is 20.7. The highest BCUT2D eigenvalue weighted by atomic mass is 16.4. The van der Waals surface area contributed by atoms with Crippen LogP contribution in [0, 0.1) is 0 Å². The van der Waals surface area contributed by atoms with E-state index in [1.165, 1.54) is 6.92 Å². The molecule has 0 heterocycles. The number of urea groups is 1. The quantitative estimate of drug-likeness (QED) is 0.593. The average Bonchev–Trinajstić information content (AvgIpc) is 2.35. The van der Waals surface area contributed by atoms with Gasteiger partial charge < -0.3 is 20.4 Å². The van der Waals surface area contributed by atoms with Crippen molar-refractivity contribution in [2.24, 2.45) is 0 Å². The Kier molecular flexibility index (Phi) is 8.95. The molecule has 2 unspecified atom stereocenters. The van der Waals surface area contributed by atoms with Crippen molar-refractivity contribution in [1.82, 2.24) is 10.2 Å². The number of carboxylic acid groups (broad SMARTS) is 1. The Morgan fingerprint density at radius 1 is 1.16 bits per heavy atom. The monoisotopic (exact) mass is 274 g/mol. The van der Waals surface area contributed by atoms with Gasteiger partial charge in [0.2, 0.25) is 0 Å². The average molecular weight is 274 g/mol. The lowest BCUT2D eigenvalue weighted by molar-refractivity contribution is -0.141. The van der Waals surface area contributed by atoms with Gasteiger partial charge in [0.1, 0.15) is 0 Å². The molecule has 0 aromatic heterocycles. The third kappa shape index (κ3) is 7.00. The number of hydrogen-bond donors (Lipinski definition) is 3. The van der Waals surface area contributed by atoms with Gasteiger partial charge in [-0.25, -0.2) is 9.59 Å². The normalized spacial score (nSPS) is 13.7. The Hall–Kier alpha value is -1.30. The van der Waals surface area contributed by atoms with E-state index < -0.39 is 24.1 Å². The highest BCUT2D eigenvalue weighted by molar-refractivity contribution is 5.83. The van der Waals surface area contributed by atoms with Crippen LogP contribution in [-0.2, 0) is 4.79 Å². The third-order valence-electron chi connectivity index (χ3n) is 2.88. The first-order chi connectivity index (χ1) is 8.93. The number of rotatable bonds is 9. The third-order valence-corrected chi connectivity index (χ3v) is 2.88. The van der Waals surface area contributed by atoms with Gasteiger partial charge in [-0.3, -0.25) is 0 Å². The summed E-state index contributed by atoms with van der Waals surface area (Å²) in [5.74, 6) is -1.23. The number of amides is 2. The Balaban J connectivity index is 4.54. The minimum Gasteiger partial charge on any atom is -0.480 e. The van der Waals surface area contributed by atoms with Gasteiger partial charge in [-0.05, 0) is 19.8 Å². The van der Waals surface area contributed by atoms with E-state index in [2.05, 4.69) is 5.32 Å². The van der Waals surface area contributed by atoms with Crippen LogP contribution in [0.3, 0.4) is 0 Å². The number of nitrogens with zero attached hydrogens (tertiary/aromatic N) is 1. The fraction of sp³-hybridized carbons (Fsp3) is 0.846. The summed E-state index contributed by atoms with van der Waals surface area (Å²) in [5.41, 5.74) is 0. The standard InChI is InChI=1S/C13H26N2O4/c1-4-6-8-15(9-7-5-2)13(19)14-11(10(3)16)12(17)18/h10-11,16H,4-9H2,1-3H3,(H,14,19)(H,17,18). The van der Waals surface area contributed by atoms with Crippen molar-refractivity contribution in [3.63, 3.8) is 0 Å². The number of hydrogen-bond acceptors (Lipinski definition) is 3. The molecule has 6 heteroatoms. The molecule has 0 radical (unpaired) electrons. The van der Waals surface area contributed by atoms with Gasteiger partial charge in [-0.2, -0.15) is 0 Å². The summed E-state index contributed by atoms with van der Waals surface area (Å²) < 4.78 is 0. The van der Waals surface area contributed by atoms with Crippen molar-refractivity contribution >= 4 is 12.0 Å². The molecule has 2 amide bonds. The van der Waals surface area contributed by atoms with Crippen LogP contribution in [0.4, 0.5) is 4.79 Å². The minimum absolute atomic E-state index is 0.421. The Morgan fingerprint density at radius 3 is 1.95 bits per heavy atom. The fourth-order valence-corrected chi connectivity index (χ4v) is 1.63. The zero-order valence-corrected chi connectivity index (χ0v) is 12.1. The molecule has 0 aliphatic rings. The summed E-state index contributed by atoms with van der Waals surface area (Å²) >= 11 is 0. The van der Waals surface area contributed by atoms with Crippen LogP contribution >= 0.6 is 0 Å². The molecule has 0 aliphatic heterocycles. The second-order valence-corrected chi connectivity index (χ2v) is 4.70. The van der Waals surface area contributed by atoms with E-state index in [-0.39, 0.29) is 0 Å². The van der Waals surface area contributed by atoms with E-state index in [0.29, 0.717) is 13.1 Å². The van der Waals surface area contributed by atoms with Gasteiger partial charge in [-0.1, -0.05) is 26.7 Å². The predicted octanol–water partition coefficient (Wildman–Crippen LogP) is 1.43. The molecule has 0 saturated heterocycles. The number of aliphatic carboxylic acids is 1. The zero-order valence-electron chi connectivity index (χ0n) is 12.1. The fourth-order valence-electron chi connectivity index (χ4n) is 1.63. The van der Waals surface area contributed by atoms with Crippen molar-refractivity contribution < 1.29 is 19.8 Å². The van der Waals surface area contributed by atoms with E-state index >= 15 is 0 Å². The smallest absolute Gasteiger partial charge is 0.328 e. The number of nitrogens with one attached hydrogen (secondary N) is 1. The molecule has 3 N–H and O–H groups in total. The molecule has 0 bridgehead atoms. The number of aliphatic hydroxyl groups is 1. The number of unbranched alkanes of at least 4 members (excludes halogenated alkanes) is 2. The highest BCUT2D eigenvalue weighted by Gasteiger charge is 2.26. The number of carbonyl (C=O) groups is 2. The first-order valence-corrected chi connectivity index (χ1v) is 6.90. The van der Waals surface area contributed by atoms with E-state index in [1.54, 1.807) is 4.90 Å². The molecule has 19 heavy (non-hydrogen) atoms. The molecule has 0 aliphatic carbocycles. The van der Waals surface area contributed by atoms with Gasteiger partial charge in [0.15, 0.2) is 6.04 Å². The van der Waals surface area contributed by atoms with E-state index in [0.717, 1.165) is 25.7 Å². The molecule has 0 aromatic carbocycles. The summed E-state index contributed by atoms with van der Waals surface area (Å²) in [6, 6.07) is -1.69. The molecule has 0 fully saturated rings. The van der Waals surface area contributed by atoms with E-state index in [9.17, 15) is 14.7 Å². The number of carboxylic acids is 1. The van der Waals surface area contributed by atoms with Gasteiger partial charge in [0.25, 0.3) is 0 Å². The highest BCUT2D eigenvalue weighted by Crippen LogP contribution is 2.02. The molecule has 0 saturated carbocycles. The van der Waals surface area contributed by atoms with Gasteiger partial charge in [0, 0.05) is 13.1 Å². The van der Waals surface area contributed by atoms with Crippen LogP contribution in [0.2, 0.25) is 0 Å². The molecular weight excluding hydrogens is 248 g/mol. The predicted molar refractivity (Wildman–Crippen MR) is 73.0 cm³/mol. The zero-order chi connectivity index (χ0) is 14.8. The summed E-state index contributed by atoms with van der Waals surface area (Å²) in [6.45, 7) is 6.63.